The molecule has 1 aromatic carbocycles. The van der Waals surface area contributed by atoms with E-state index in [1.165, 1.54) is 23.5 Å². The molecule has 1 aromatic heterocycles. The van der Waals surface area contributed by atoms with Crippen molar-refractivity contribution in [3.8, 4) is 5.75 Å². The number of ether oxygens (including phenoxy) is 1. The Hall–Kier alpha value is -2.56. The molecule has 1 aliphatic rings. The molecule has 1 unspecified atom stereocenters. The molecule has 0 aliphatic carbocycles. The highest BCUT2D eigenvalue weighted by molar-refractivity contribution is 7.89. The molecule has 2 heterocycles. The fourth-order valence-electron chi connectivity index (χ4n) is 2.94. The Morgan fingerprint density at radius 2 is 2.19 bits per heavy atom. The number of nitro groups is 1. The molecule has 0 radical (unpaired) electrons. The summed E-state index contributed by atoms with van der Waals surface area (Å²) in [5, 5.41) is 14.2. The van der Waals surface area contributed by atoms with Crippen LogP contribution in [0.1, 0.15) is 11.6 Å². The van der Waals surface area contributed by atoms with E-state index in [2.05, 4.69) is 10.3 Å². The smallest absolute Gasteiger partial charge is 0.310 e. The van der Waals surface area contributed by atoms with Crippen LogP contribution in [0.4, 0.5) is 5.69 Å². The van der Waals surface area contributed by atoms with Crippen molar-refractivity contribution in [1.29, 1.82) is 0 Å². The van der Waals surface area contributed by atoms with Crippen molar-refractivity contribution in [3.05, 3.63) is 58.4 Å². The molecule has 1 saturated heterocycles. The Morgan fingerprint density at radius 3 is 2.85 bits per heavy atom. The number of aromatic nitrogens is 1. The Labute approximate surface area is 150 Å². The molecule has 2 aromatic rings. The van der Waals surface area contributed by atoms with Crippen LogP contribution in [-0.2, 0) is 10.0 Å². The second-order valence-electron chi connectivity index (χ2n) is 5.71. The lowest BCUT2D eigenvalue weighted by molar-refractivity contribution is -0.385. The number of sulfonamides is 1. The Kier molecular flexibility index (Phi) is 5.16. The number of nitro benzene ring substituents is 1. The molecule has 0 spiro atoms. The third-order valence-corrected chi connectivity index (χ3v) is 6.12. The average Bonchev–Trinajstić information content (AvgIpc) is 2.68. The Morgan fingerprint density at radius 1 is 1.38 bits per heavy atom. The first-order chi connectivity index (χ1) is 12.4. The maximum absolute atomic E-state index is 13.2. The van der Waals surface area contributed by atoms with E-state index in [1.807, 2.05) is 6.07 Å². The summed E-state index contributed by atoms with van der Waals surface area (Å²) >= 11 is 0. The number of nitrogens with zero attached hydrogens (tertiary/aromatic N) is 3. The predicted molar refractivity (Wildman–Crippen MR) is 93.4 cm³/mol. The molecule has 1 N–H and O–H groups in total. The lowest BCUT2D eigenvalue weighted by atomic mass is 10.1. The monoisotopic (exact) mass is 378 g/mol. The molecule has 0 saturated carbocycles. The zero-order valence-corrected chi connectivity index (χ0v) is 14.8. The van der Waals surface area contributed by atoms with Crippen LogP contribution in [0.25, 0.3) is 0 Å². The summed E-state index contributed by atoms with van der Waals surface area (Å²) in [6.07, 6.45) is 3.26. The van der Waals surface area contributed by atoms with Crippen molar-refractivity contribution in [3.63, 3.8) is 0 Å². The van der Waals surface area contributed by atoms with Crippen molar-refractivity contribution < 1.29 is 18.1 Å². The molecule has 1 aliphatic heterocycles. The van der Waals surface area contributed by atoms with Crippen LogP contribution in [-0.4, -0.2) is 49.4 Å². The van der Waals surface area contributed by atoms with Crippen LogP contribution < -0.4 is 10.1 Å². The van der Waals surface area contributed by atoms with Crippen LogP contribution in [0.3, 0.4) is 0 Å². The highest BCUT2D eigenvalue weighted by Crippen LogP contribution is 2.33. The van der Waals surface area contributed by atoms with E-state index in [9.17, 15) is 18.5 Å². The fraction of sp³-hybridized carbons (Fsp3) is 0.312. The molecule has 1 atom stereocenters. The van der Waals surface area contributed by atoms with E-state index in [-0.39, 0.29) is 22.9 Å². The number of pyridine rings is 1. The second-order valence-corrected chi connectivity index (χ2v) is 7.60. The van der Waals surface area contributed by atoms with E-state index < -0.39 is 21.0 Å². The minimum Gasteiger partial charge on any atom is -0.490 e. The number of hydrogen-bond donors (Lipinski definition) is 1. The van der Waals surface area contributed by atoms with Crippen molar-refractivity contribution in [2.45, 2.75) is 10.9 Å². The number of benzene rings is 1. The van der Waals surface area contributed by atoms with Gasteiger partial charge in [0.25, 0.3) is 0 Å². The SMILES string of the molecule is COc1cc(S(=O)(=O)N2CCNCC2c2cccnc2)ccc1[N+](=O)[O-]. The van der Waals surface area contributed by atoms with E-state index in [0.29, 0.717) is 13.1 Å². The molecule has 1 fully saturated rings. The largest absolute Gasteiger partial charge is 0.490 e. The number of hydrogen-bond acceptors (Lipinski definition) is 7. The van der Waals surface area contributed by atoms with Crippen LogP contribution in [0.2, 0.25) is 0 Å². The maximum atomic E-state index is 13.2. The predicted octanol–water partition coefficient (Wildman–Crippen LogP) is 1.33. The van der Waals surface area contributed by atoms with Gasteiger partial charge in [0, 0.05) is 44.2 Å². The lowest BCUT2D eigenvalue weighted by Gasteiger charge is -2.35. The second kappa shape index (κ2) is 7.36. The fourth-order valence-corrected chi connectivity index (χ4v) is 4.56. The Balaban J connectivity index is 2.02. The van der Waals surface area contributed by atoms with E-state index in [4.69, 9.17) is 4.74 Å². The van der Waals surface area contributed by atoms with Gasteiger partial charge in [0.15, 0.2) is 5.75 Å². The highest BCUT2D eigenvalue weighted by atomic mass is 32.2. The van der Waals surface area contributed by atoms with Crippen molar-refractivity contribution in [1.82, 2.24) is 14.6 Å². The standard InChI is InChI=1S/C16H18N4O5S/c1-25-16-9-13(4-5-14(16)20(21)22)26(23,24)19-8-7-18-11-15(19)12-3-2-6-17-10-12/h2-6,9-10,15,18H,7-8,11H2,1H3. The topological polar surface area (TPSA) is 115 Å². The van der Waals surface area contributed by atoms with E-state index in [1.54, 1.807) is 18.5 Å². The van der Waals surface area contributed by atoms with Gasteiger partial charge < -0.3 is 10.1 Å². The molecule has 0 bridgehead atoms. The quantitative estimate of drug-likeness (QED) is 0.616. The molecule has 0 amide bonds. The molecule has 9 nitrogen and oxygen atoms in total. The number of methoxy groups -OCH3 is 1. The van der Waals surface area contributed by atoms with Gasteiger partial charge >= 0.3 is 5.69 Å². The summed E-state index contributed by atoms with van der Waals surface area (Å²) in [5.41, 5.74) is 0.493. The van der Waals surface area contributed by atoms with Crippen LogP contribution in [0.15, 0.2) is 47.6 Å². The van der Waals surface area contributed by atoms with Gasteiger partial charge in [-0.2, -0.15) is 4.31 Å². The normalized spacial score (nSPS) is 18.4. The van der Waals surface area contributed by atoms with Crippen molar-refractivity contribution in [2.24, 2.45) is 0 Å². The molecular formula is C16H18N4O5S. The summed E-state index contributed by atoms with van der Waals surface area (Å²) in [6, 6.07) is 6.73. The van der Waals surface area contributed by atoms with Gasteiger partial charge in [-0.25, -0.2) is 8.42 Å². The number of rotatable bonds is 5. The van der Waals surface area contributed by atoms with Gasteiger partial charge in [-0.15, -0.1) is 0 Å². The van der Waals surface area contributed by atoms with Gasteiger partial charge in [-0.05, 0) is 17.7 Å². The van der Waals surface area contributed by atoms with Gasteiger partial charge in [-0.3, -0.25) is 15.1 Å². The van der Waals surface area contributed by atoms with Crippen LogP contribution in [0.5, 0.6) is 5.75 Å². The lowest BCUT2D eigenvalue weighted by Crippen LogP contribution is -2.48. The molecule has 138 valence electrons. The summed E-state index contributed by atoms with van der Waals surface area (Å²) in [6.45, 7) is 1.25. The summed E-state index contributed by atoms with van der Waals surface area (Å²) < 4.78 is 32.7. The number of nitrogens with one attached hydrogen (secondary N) is 1. The third-order valence-electron chi connectivity index (χ3n) is 4.22. The summed E-state index contributed by atoms with van der Waals surface area (Å²) in [7, 11) is -2.61. The first kappa shape index (κ1) is 18.2. The van der Waals surface area contributed by atoms with Crippen molar-refractivity contribution >= 4 is 15.7 Å². The average molecular weight is 378 g/mol. The molecular weight excluding hydrogens is 360 g/mol. The van der Waals surface area contributed by atoms with Gasteiger partial charge in [0.2, 0.25) is 10.0 Å². The van der Waals surface area contributed by atoms with E-state index in [0.717, 1.165) is 11.6 Å². The zero-order chi connectivity index (χ0) is 18.7. The van der Waals surface area contributed by atoms with Crippen LogP contribution in [0, 0.1) is 10.1 Å². The van der Waals surface area contributed by atoms with Crippen LogP contribution >= 0.6 is 0 Å². The number of piperazine rings is 1. The van der Waals surface area contributed by atoms with Crippen molar-refractivity contribution in [2.75, 3.05) is 26.7 Å². The van der Waals surface area contributed by atoms with E-state index >= 15 is 0 Å². The Bertz CT molecular complexity index is 904. The first-order valence-electron chi connectivity index (χ1n) is 7.90. The molecule has 3 rings (SSSR count). The highest BCUT2D eigenvalue weighted by Gasteiger charge is 2.35. The molecule has 10 heteroatoms. The molecule has 26 heavy (non-hydrogen) atoms. The maximum Gasteiger partial charge on any atom is 0.310 e. The van der Waals surface area contributed by atoms with Gasteiger partial charge in [0.05, 0.1) is 23.0 Å². The minimum atomic E-state index is -3.87. The zero-order valence-electron chi connectivity index (χ0n) is 14.0. The summed E-state index contributed by atoms with van der Waals surface area (Å²) in [5.74, 6) is -0.0934. The van der Waals surface area contributed by atoms with Gasteiger partial charge in [-0.1, -0.05) is 6.07 Å². The third kappa shape index (κ3) is 3.39. The van der Waals surface area contributed by atoms with Gasteiger partial charge in [0.1, 0.15) is 0 Å². The first-order valence-corrected chi connectivity index (χ1v) is 9.34. The summed E-state index contributed by atoms with van der Waals surface area (Å²) in [4.78, 5) is 14.4. The minimum absolute atomic E-state index is 0.0456.